The second-order valence-electron chi connectivity index (χ2n) is 4.58. The van der Waals surface area contributed by atoms with Crippen molar-refractivity contribution in [1.82, 2.24) is 19.9 Å². The zero-order chi connectivity index (χ0) is 15.7. The fourth-order valence-electron chi connectivity index (χ4n) is 2.11. The Morgan fingerprint density at radius 2 is 1.68 bits per heavy atom. The van der Waals surface area contributed by atoms with Gasteiger partial charge in [-0.05, 0) is 19.1 Å². The monoisotopic (exact) mass is 305 g/mol. The maximum Gasteiger partial charge on any atom is 0.483 e. The van der Waals surface area contributed by atoms with E-state index >= 15 is 0 Å². The normalized spacial score (nSPS) is 11.6. The van der Waals surface area contributed by atoms with Crippen LogP contribution in [0.1, 0.15) is 5.56 Å². The molecule has 8 heteroatoms. The van der Waals surface area contributed by atoms with Crippen LogP contribution in [-0.4, -0.2) is 26.2 Å². The molecule has 5 nitrogen and oxygen atoms in total. The van der Waals surface area contributed by atoms with Crippen LogP contribution in [0.4, 0.5) is 19.0 Å². The molecule has 0 saturated heterocycles. The van der Waals surface area contributed by atoms with Gasteiger partial charge in [-0.1, -0.05) is 6.07 Å². The maximum absolute atomic E-state index is 12.5. The highest BCUT2D eigenvalue weighted by Gasteiger charge is 2.29. The Hall–Kier alpha value is -2.77. The molecule has 0 amide bonds. The molecule has 3 rings (SSSR count). The first-order chi connectivity index (χ1) is 10.4. The van der Waals surface area contributed by atoms with Gasteiger partial charge in [0.05, 0.1) is 16.7 Å². The average molecular weight is 305 g/mol. The number of benzene rings is 1. The van der Waals surface area contributed by atoms with Gasteiger partial charge in [0, 0.05) is 23.5 Å². The molecule has 112 valence electrons. The SMILES string of the molecule is Cc1c(NC(F)(F)F)ncnc1-c1ccc2nccnc2c1. The van der Waals surface area contributed by atoms with Gasteiger partial charge >= 0.3 is 6.30 Å². The molecule has 1 N–H and O–H groups in total. The lowest BCUT2D eigenvalue weighted by molar-refractivity contribution is -0.100. The summed E-state index contributed by atoms with van der Waals surface area (Å²) in [6.45, 7) is 1.53. The predicted octanol–water partition coefficient (Wildman–Crippen LogP) is 3.33. The van der Waals surface area contributed by atoms with Crippen molar-refractivity contribution >= 4 is 16.9 Å². The summed E-state index contributed by atoms with van der Waals surface area (Å²) < 4.78 is 37.4. The first-order valence-corrected chi connectivity index (χ1v) is 6.32. The summed E-state index contributed by atoms with van der Waals surface area (Å²) in [6, 6.07) is 5.22. The van der Waals surface area contributed by atoms with Crippen LogP contribution in [0.25, 0.3) is 22.3 Å². The van der Waals surface area contributed by atoms with Crippen LogP contribution >= 0.6 is 0 Å². The molecule has 0 aliphatic carbocycles. The largest absolute Gasteiger partial charge is 0.483 e. The summed E-state index contributed by atoms with van der Waals surface area (Å²) in [7, 11) is 0. The summed E-state index contributed by atoms with van der Waals surface area (Å²) in [5, 5.41) is 1.42. The molecule has 0 spiro atoms. The average Bonchev–Trinajstić information content (AvgIpc) is 2.48. The van der Waals surface area contributed by atoms with E-state index in [-0.39, 0.29) is 5.82 Å². The Morgan fingerprint density at radius 1 is 0.955 bits per heavy atom. The molecule has 0 radical (unpaired) electrons. The first-order valence-electron chi connectivity index (χ1n) is 6.32. The highest BCUT2D eigenvalue weighted by Crippen LogP contribution is 2.28. The third-order valence-corrected chi connectivity index (χ3v) is 3.09. The van der Waals surface area contributed by atoms with Crippen LogP contribution in [0.2, 0.25) is 0 Å². The fraction of sp³-hybridized carbons (Fsp3) is 0.143. The maximum atomic E-state index is 12.5. The Kier molecular flexibility index (Phi) is 3.36. The van der Waals surface area contributed by atoms with Crippen molar-refractivity contribution in [3.05, 3.63) is 42.5 Å². The lowest BCUT2D eigenvalue weighted by Gasteiger charge is -2.13. The highest BCUT2D eigenvalue weighted by atomic mass is 19.4. The summed E-state index contributed by atoms with van der Waals surface area (Å²) in [6.07, 6.45) is -0.332. The van der Waals surface area contributed by atoms with Crippen LogP contribution in [0.3, 0.4) is 0 Å². The number of hydrogen-bond donors (Lipinski definition) is 1. The van der Waals surface area contributed by atoms with Crippen LogP contribution in [-0.2, 0) is 0 Å². The summed E-state index contributed by atoms with van der Waals surface area (Å²) in [4.78, 5) is 16.0. The lowest BCUT2D eigenvalue weighted by atomic mass is 10.1. The van der Waals surface area contributed by atoms with Crippen molar-refractivity contribution in [3.8, 4) is 11.3 Å². The molecule has 0 aliphatic rings. The number of rotatable bonds is 2. The van der Waals surface area contributed by atoms with Gasteiger partial charge in [0.15, 0.2) is 0 Å². The molecular formula is C14H10F3N5. The zero-order valence-electron chi connectivity index (χ0n) is 11.4. The predicted molar refractivity (Wildman–Crippen MR) is 75.0 cm³/mol. The molecule has 0 saturated carbocycles. The van der Waals surface area contributed by atoms with Crippen LogP contribution in [0.15, 0.2) is 36.9 Å². The van der Waals surface area contributed by atoms with Gasteiger partial charge in [0.25, 0.3) is 0 Å². The van der Waals surface area contributed by atoms with Gasteiger partial charge in [0.1, 0.15) is 12.1 Å². The van der Waals surface area contributed by atoms with Crippen molar-refractivity contribution in [1.29, 1.82) is 0 Å². The lowest BCUT2D eigenvalue weighted by Crippen LogP contribution is -2.22. The molecule has 0 bridgehead atoms. The second-order valence-corrected chi connectivity index (χ2v) is 4.58. The van der Waals surface area contributed by atoms with Crippen molar-refractivity contribution in [2.24, 2.45) is 0 Å². The van der Waals surface area contributed by atoms with Gasteiger partial charge in [-0.15, -0.1) is 0 Å². The number of hydrogen-bond acceptors (Lipinski definition) is 5. The molecule has 2 heterocycles. The van der Waals surface area contributed by atoms with E-state index in [4.69, 9.17) is 0 Å². The number of nitrogens with one attached hydrogen (secondary N) is 1. The first kappa shape index (κ1) is 14.2. The van der Waals surface area contributed by atoms with Gasteiger partial charge in [-0.2, -0.15) is 13.2 Å². The number of aromatic nitrogens is 4. The third kappa shape index (κ3) is 2.80. The van der Waals surface area contributed by atoms with E-state index in [2.05, 4.69) is 19.9 Å². The Morgan fingerprint density at radius 3 is 2.41 bits per heavy atom. The zero-order valence-corrected chi connectivity index (χ0v) is 11.4. The van der Waals surface area contributed by atoms with E-state index in [1.165, 1.54) is 12.2 Å². The third-order valence-electron chi connectivity index (χ3n) is 3.09. The van der Waals surface area contributed by atoms with E-state index in [1.807, 2.05) is 0 Å². The summed E-state index contributed by atoms with van der Waals surface area (Å²) >= 11 is 0. The smallest absolute Gasteiger partial charge is 0.281 e. The van der Waals surface area contributed by atoms with Gasteiger partial charge in [0.2, 0.25) is 0 Å². The van der Waals surface area contributed by atoms with Gasteiger partial charge < -0.3 is 0 Å². The van der Waals surface area contributed by atoms with Crippen molar-refractivity contribution in [2.45, 2.75) is 13.2 Å². The van der Waals surface area contributed by atoms with Crippen LogP contribution in [0, 0.1) is 6.92 Å². The minimum Gasteiger partial charge on any atom is -0.281 e. The topological polar surface area (TPSA) is 63.6 Å². The summed E-state index contributed by atoms with van der Waals surface area (Å²) in [5.74, 6) is -0.267. The van der Waals surface area contributed by atoms with Crippen LogP contribution < -0.4 is 5.32 Å². The molecule has 0 unspecified atom stereocenters. The summed E-state index contributed by atoms with van der Waals surface area (Å²) in [5.41, 5.74) is 2.71. The van der Waals surface area contributed by atoms with E-state index in [1.54, 1.807) is 30.6 Å². The molecule has 0 atom stereocenters. The van der Waals surface area contributed by atoms with E-state index < -0.39 is 6.30 Å². The molecular weight excluding hydrogens is 295 g/mol. The Balaban J connectivity index is 2.08. The minimum atomic E-state index is -4.55. The molecule has 1 aromatic carbocycles. The Labute approximate surface area is 123 Å². The van der Waals surface area contributed by atoms with Gasteiger partial charge in [-0.3, -0.25) is 15.3 Å². The molecule has 2 aromatic heterocycles. The number of fused-ring (bicyclic) bond motifs is 1. The van der Waals surface area contributed by atoms with E-state index in [0.717, 1.165) is 6.33 Å². The number of halogens is 3. The van der Waals surface area contributed by atoms with Crippen molar-refractivity contribution in [3.63, 3.8) is 0 Å². The van der Waals surface area contributed by atoms with Crippen molar-refractivity contribution in [2.75, 3.05) is 5.32 Å². The molecule has 3 aromatic rings. The molecule has 22 heavy (non-hydrogen) atoms. The fourth-order valence-corrected chi connectivity index (χ4v) is 2.11. The molecule has 0 fully saturated rings. The number of alkyl halides is 3. The van der Waals surface area contributed by atoms with E-state index in [9.17, 15) is 13.2 Å². The highest BCUT2D eigenvalue weighted by molar-refractivity contribution is 5.81. The minimum absolute atomic E-state index is 0.267. The van der Waals surface area contributed by atoms with E-state index in [0.29, 0.717) is 27.9 Å². The number of anilines is 1. The van der Waals surface area contributed by atoms with Crippen LogP contribution in [0.5, 0.6) is 0 Å². The molecule has 0 aliphatic heterocycles. The van der Waals surface area contributed by atoms with Crippen molar-refractivity contribution < 1.29 is 13.2 Å². The standard InChI is InChI=1S/C14H10F3N5/c1-8-12(20-7-21-13(8)22-14(15,16)17)9-2-3-10-11(6-9)19-5-4-18-10/h2-7H,1H3,(H,20,21,22). The second kappa shape index (κ2) is 5.21. The number of nitrogens with zero attached hydrogens (tertiary/aromatic N) is 4. The Bertz CT molecular complexity index is 832. The quantitative estimate of drug-likeness (QED) is 0.736. The van der Waals surface area contributed by atoms with Gasteiger partial charge in [-0.25, -0.2) is 9.97 Å².